The predicted octanol–water partition coefficient (Wildman–Crippen LogP) is 5.21. The molecule has 36 heavy (non-hydrogen) atoms. The third-order valence-corrected chi connectivity index (χ3v) is 7.18. The molecule has 4 aromatic rings. The minimum absolute atomic E-state index is 0.203. The van der Waals surface area contributed by atoms with Crippen LogP contribution in [-0.4, -0.2) is 41.1 Å². The maximum absolute atomic E-state index is 13.0. The van der Waals surface area contributed by atoms with Crippen molar-refractivity contribution < 1.29 is 14.1 Å². The highest BCUT2D eigenvalue weighted by molar-refractivity contribution is 5.76. The molecule has 0 aliphatic carbocycles. The zero-order valence-corrected chi connectivity index (χ0v) is 20.6. The van der Waals surface area contributed by atoms with Crippen molar-refractivity contribution in [2.75, 3.05) is 20.2 Å². The fourth-order valence-electron chi connectivity index (χ4n) is 5.03. The maximum Gasteiger partial charge on any atom is 0.231 e. The van der Waals surface area contributed by atoms with E-state index in [0.717, 1.165) is 36.1 Å². The van der Waals surface area contributed by atoms with Crippen molar-refractivity contribution in [3.63, 3.8) is 0 Å². The van der Waals surface area contributed by atoms with Gasteiger partial charge in [0.2, 0.25) is 11.8 Å². The molecular formula is C30H31N3O3. The van der Waals surface area contributed by atoms with Gasteiger partial charge in [-0.2, -0.15) is 4.98 Å². The summed E-state index contributed by atoms with van der Waals surface area (Å²) in [5.41, 5.74) is 3.06. The van der Waals surface area contributed by atoms with Crippen LogP contribution in [0.4, 0.5) is 0 Å². The Morgan fingerprint density at radius 2 is 1.58 bits per heavy atom. The van der Waals surface area contributed by atoms with Crippen molar-refractivity contribution in [1.82, 2.24) is 15.0 Å². The molecule has 1 aliphatic heterocycles. The SMILES string of the molecule is COc1ccc(Cc2nc(C3(c4ccccc4)CCN(C(=O)CCc4ccccc4)CC3)no2)cc1. The van der Waals surface area contributed by atoms with Crippen molar-refractivity contribution in [1.29, 1.82) is 0 Å². The summed E-state index contributed by atoms with van der Waals surface area (Å²) in [6, 6.07) is 28.4. The second kappa shape index (κ2) is 10.8. The molecule has 0 atom stereocenters. The lowest BCUT2D eigenvalue weighted by Gasteiger charge is -2.40. The molecule has 2 heterocycles. The van der Waals surface area contributed by atoms with Crippen LogP contribution in [0.2, 0.25) is 0 Å². The Morgan fingerprint density at radius 3 is 2.25 bits per heavy atom. The van der Waals surface area contributed by atoms with Gasteiger partial charge in [-0.1, -0.05) is 78.0 Å². The number of amides is 1. The van der Waals surface area contributed by atoms with Crippen molar-refractivity contribution in [2.45, 2.75) is 37.5 Å². The summed E-state index contributed by atoms with van der Waals surface area (Å²) in [7, 11) is 1.66. The first-order chi connectivity index (χ1) is 17.7. The highest BCUT2D eigenvalue weighted by Crippen LogP contribution is 2.40. The molecule has 1 amide bonds. The summed E-state index contributed by atoms with van der Waals surface area (Å²) in [6.07, 6.45) is 3.37. The van der Waals surface area contributed by atoms with Crippen LogP contribution >= 0.6 is 0 Å². The molecule has 1 saturated heterocycles. The zero-order valence-electron chi connectivity index (χ0n) is 20.6. The Bertz CT molecular complexity index is 1260. The number of nitrogens with zero attached hydrogens (tertiary/aromatic N) is 3. The monoisotopic (exact) mass is 481 g/mol. The molecule has 6 heteroatoms. The first kappa shape index (κ1) is 23.8. The van der Waals surface area contributed by atoms with Gasteiger partial charge >= 0.3 is 0 Å². The molecule has 0 N–H and O–H groups in total. The highest BCUT2D eigenvalue weighted by Gasteiger charge is 2.42. The zero-order chi connectivity index (χ0) is 24.8. The number of likely N-dealkylation sites (tertiary alicyclic amines) is 1. The summed E-state index contributed by atoms with van der Waals surface area (Å²) in [4.78, 5) is 19.8. The quantitative estimate of drug-likeness (QED) is 0.346. The van der Waals surface area contributed by atoms with Crippen LogP contribution in [-0.2, 0) is 23.1 Å². The van der Waals surface area contributed by atoms with Crippen LogP contribution in [0.15, 0.2) is 89.5 Å². The smallest absolute Gasteiger partial charge is 0.231 e. The van der Waals surface area contributed by atoms with E-state index in [1.807, 2.05) is 65.6 Å². The van der Waals surface area contributed by atoms with Crippen molar-refractivity contribution >= 4 is 5.91 Å². The second-order valence-electron chi connectivity index (χ2n) is 9.35. The molecular weight excluding hydrogens is 450 g/mol. The number of methoxy groups -OCH3 is 1. The summed E-state index contributed by atoms with van der Waals surface area (Å²) in [5, 5.41) is 4.45. The fourth-order valence-corrected chi connectivity index (χ4v) is 5.03. The molecule has 0 spiro atoms. The molecule has 1 aliphatic rings. The number of aryl methyl sites for hydroxylation is 1. The van der Waals surface area contributed by atoms with Gasteiger partial charge in [0.1, 0.15) is 5.75 Å². The molecule has 1 fully saturated rings. The van der Waals surface area contributed by atoms with Crippen molar-refractivity contribution in [3.8, 4) is 5.75 Å². The number of ether oxygens (including phenoxy) is 1. The summed E-state index contributed by atoms with van der Waals surface area (Å²) in [5.74, 6) is 2.31. The lowest BCUT2D eigenvalue weighted by atomic mass is 9.72. The minimum Gasteiger partial charge on any atom is -0.497 e. The molecule has 0 unspecified atom stereocenters. The van der Waals surface area contributed by atoms with Crippen LogP contribution in [0, 0.1) is 0 Å². The fraction of sp³-hybridized carbons (Fsp3) is 0.300. The first-order valence-corrected chi connectivity index (χ1v) is 12.5. The van der Waals surface area contributed by atoms with Gasteiger partial charge in [-0.15, -0.1) is 0 Å². The van der Waals surface area contributed by atoms with E-state index in [4.69, 9.17) is 14.2 Å². The van der Waals surface area contributed by atoms with E-state index in [1.54, 1.807) is 7.11 Å². The van der Waals surface area contributed by atoms with E-state index in [-0.39, 0.29) is 11.3 Å². The third-order valence-electron chi connectivity index (χ3n) is 7.18. The molecule has 3 aromatic carbocycles. The summed E-state index contributed by atoms with van der Waals surface area (Å²) in [6.45, 7) is 1.34. The highest BCUT2D eigenvalue weighted by atomic mass is 16.5. The van der Waals surface area contributed by atoms with E-state index in [2.05, 4.69) is 29.4 Å². The Kier molecular flexibility index (Phi) is 7.12. The molecule has 1 aromatic heterocycles. The number of benzene rings is 3. The normalized spacial score (nSPS) is 15.0. The van der Waals surface area contributed by atoms with E-state index in [9.17, 15) is 4.79 Å². The lowest BCUT2D eigenvalue weighted by Crippen LogP contribution is -2.46. The average molecular weight is 482 g/mol. The number of aromatic nitrogens is 2. The van der Waals surface area contributed by atoms with E-state index >= 15 is 0 Å². The van der Waals surface area contributed by atoms with Gasteiger partial charge in [-0.05, 0) is 48.1 Å². The molecule has 0 saturated carbocycles. The number of carbonyl (C=O) groups is 1. The standard InChI is InChI=1S/C30H31N3O3/c1-35-26-15-12-24(13-16-26)22-27-31-29(32-36-27)30(25-10-6-3-7-11-25)18-20-33(21-19-30)28(34)17-14-23-8-4-2-5-9-23/h2-13,15-16H,14,17-22H2,1H3. The van der Waals surface area contributed by atoms with Gasteiger partial charge in [-0.3, -0.25) is 4.79 Å². The van der Waals surface area contributed by atoms with E-state index in [0.29, 0.717) is 37.6 Å². The molecule has 6 nitrogen and oxygen atoms in total. The number of hydrogen-bond donors (Lipinski definition) is 0. The van der Waals surface area contributed by atoms with Crippen LogP contribution in [0.3, 0.4) is 0 Å². The molecule has 0 radical (unpaired) electrons. The van der Waals surface area contributed by atoms with Gasteiger partial charge in [0.15, 0.2) is 5.82 Å². The minimum atomic E-state index is -0.376. The molecule has 184 valence electrons. The predicted molar refractivity (Wildman–Crippen MR) is 138 cm³/mol. The van der Waals surface area contributed by atoms with Crippen molar-refractivity contribution in [3.05, 3.63) is 113 Å². The van der Waals surface area contributed by atoms with E-state index in [1.165, 1.54) is 5.56 Å². The topological polar surface area (TPSA) is 68.5 Å². The van der Waals surface area contributed by atoms with Gasteiger partial charge in [-0.25, -0.2) is 0 Å². The van der Waals surface area contributed by atoms with Crippen LogP contribution < -0.4 is 4.74 Å². The number of carbonyl (C=O) groups excluding carboxylic acids is 1. The van der Waals surface area contributed by atoms with Crippen LogP contribution in [0.25, 0.3) is 0 Å². The summed E-state index contributed by atoms with van der Waals surface area (Å²) < 4.78 is 11.0. The van der Waals surface area contributed by atoms with Gasteiger partial charge in [0.05, 0.1) is 18.9 Å². The third kappa shape index (κ3) is 5.18. The Balaban J connectivity index is 1.31. The average Bonchev–Trinajstić information content (AvgIpc) is 3.42. The Labute approximate surface area is 211 Å². The summed E-state index contributed by atoms with van der Waals surface area (Å²) >= 11 is 0. The maximum atomic E-state index is 13.0. The van der Waals surface area contributed by atoms with Crippen LogP contribution in [0.1, 0.15) is 47.7 Å². The second-order valence-corrected chi connectivity index (χ2v) is 9.35. The van der Waals surface area contributed by atoms with Gasteiger partial charge in [0.25, 0.3) is 0 Å². The first-order valence-electron chi connectivity index (χ1n) is 12.5. The largest absolute Gasteiger partial charge is 0.497 e. The van der Waals surface area contributed by atoms with Crippen LogP contribution in [0.5, 0.6) is 5.75 Å². The number of piperidine rings is 1. The number of hydrogen-bond acceptors (Lipinski definition) is 5. The van der Waals surface area contributed by atoms with Gasteiger partial charge in [0, 0.05) is 19.5 Å². The Morgan fingerprint density at radius 1 is 0.917 bits per heavy atom. The Hall–Kier alpha value is -3.93. The molecule has 0 bridgehead atoms. The molecule has 5 rings (SSSR count). The van der Waals surface area contributed by atoms with Gasteiger partial charge < -0.3 is 14.2 Å². The lowest BCUT2D eigenvalue weighted by molar-refractivity contribution is -0.132. The van der Waals surface area contributed by atoms with Crippen molar-refractivity contribution in [2.24, 2.45) is 0 Å². The van der Waals surface area contributed by atoms with E-state index < -0.39 is 0 Å². The number of rotatable bonds is 8.